The van der Waals surface area contributed by atoms with Crippen molar-refractivity contribution in [2.24, 2.45) is 11.3 Å². The Bertz CT molecular complexity index is 1640. The zero-order valence-electron chi connectivity index (χ0n) is 24.3. The van der Waals surface area contributed by atoms with E-state index in [1.807, 2.05) is 0 Å². The fourth-order valence-electron chi connectivity index (χ4n) is 5.86. The van der Waals surface area contributed by atoms with Gasteiger partial charge in [-0.25, -0.2) is 9.52 Å². The average Bonchev–Trinajstić information content (AvgIpc) is 3.67. The van der Waals surface area contributed by atoms with E-state index in [0.29, 0.717) is 43.2 Å². The minimum Gasteiger partial charge on any atom is -0.458 e. The normalized spacial score (nSPS) is 21.6. The first-order valence-corrected chi connectivity index (χ1v) is 15.9. The number of hydrogen-bond donors (Lipinski definition) is 1. The van der Waals surface area contributed by atoms with Crippen LogP contribution >= 0.6 is 0 Å². The van der Waals surface area contributed by atoms with Crippen LogP contribution in [0.2, 0.25) is 0 Å². The molecule has 3 aromatic rings. The lowest BCUT2D eigenvalue weighted by molar-refractivity contribution is -0.143. The van der Waals surface area contributed by atoms with Gasteiger partial charge in [-0.1, -0.05) is 48.5 Å². The molecule has 46 heavy (non-hydrogen) atoms. The molecule has 0 heterocycles. The maximum absolute atomic E-state index is 13.5. The van der Waals surface area contributed by atoms with Gasteiger partial charge in [0.2, 0.25) is 0 Å². The number of carbonyl (C=O) groups is 2. The summed E-state index contributed by atoms with van der Waals surface area (Å²) in [5.41, 5.74) is -3.78. The molecule has 2 saturated carbocycles. The van der Waals surface area contributed by atoms with Crippen LogP contribution in [0.1, 0.15) is 69.5 Å². The maximum atomic E-state index is 13.5. The lowest BCUT2D eigenvalue weighted by Gasteiger charge is -2.33. The summed E-state index contributed by atoms with van der Waals surface area (Å²) in [5, 5.41) is 0. The van der Waals surface area contributed by atoms with E-state index >= 15 is 0 Å². The smallest absolute Gasteiger partial charge is 0.416 e. The van der Waals surface area contributed by atoms with E-state index in [1.165, 1.54) is 0 Å². The van der Waals surface area contributed by atoms with Crippen LogP contribution in [-0.2, 0) is 33.8 Å². The molecular weight excluding hydrogens is 638 g/mol. The summed E-state index contributed by atoms with van der Waals surface area (Å²) in [6.07, 6.45) is -7.50. The van der Waals surface area contributed by atoms with Gasteiger partial charge in [0.25, 0.3) is 5.91 Å². The molecular formula is C32H30F6N2O5S. The summed E-state index contributed by atoms with van der Waals surface area (Å²) in [6.45, 7) is -0.253. The molecule has 14 heteroatoms. The molecule has 0 saturated heterocycles. The Morgan fingerprint density at radius 1 is 0.826 bits per heavy atom. The molecule has 0 aromatic heterocycles. The third-order valence-corrected chi connectivity index (χ3v) is 9.95. The van der Waals surface area contributed by atoms with Gasteiger partial charge >= 0.3 is 28.5 Å². The number of halogens is 6. The Hall–Kier alpha value is -3.91. The molecule has 1 spiro atoms. The number of hydrogen-bond acceptors (Lipinski definition) is 5. The number of amides is 1. The van der Waals surface area contributed by atoms with Gasteiger partial charge in [0.05, 0.1) is 16.7 Å². The summed E-state index contributed by atoms with van der Waals surface area (Å²) >= 11 is 0. The van der Waals surface area contributed by atoms with E-state index in [2.05, 4.69) is 0 Å². The minimum absolute atomic E-state index is 0.0571. The van der Waals surface area contributed by atoms with Gasteiger partial charge in [-0.3, -0.25) is 4.79 Å². The molecule has 7 nitrogen and oxygen atoms in total. The van der Waals surface area contributed by atoms with Gasteiger partial charge in [-0.2, -0.15) is 39.1 Å². The SMILES string of the molecule is O=C(NS(=O)(=O)N(Cc1ccccc1)CC1CCC2(CC1)CC2OC(=O)c1ccccc1)c1cc(C(F)(F)F)cc(C(F)(F)F)c1. The number of alkyl halides is 6. The van der Waals surface area contributed by atoms with Gasteiger partial charge < -0.3 is 4.74 Å². The summed E-state index contributed by atoms with van der Waals surface area (Å²) in [4.78, 5) is 25.4. The highest BCUT2D eigenvalue weighted by Gasteiger charge is 2.58. The van der Waals surface area contributed by atoms with Crippen molar-refractivity contribution in [3.05, 3.63) is 107 Å². The molecule has 2 fully saturated rings. The predicted molar refractivity (Wildman–Crippen MR) is 154 cm³/mol. The molecule has 2 aliphatic rings. The van der Waals surface area contributed by atoms with Crippen molar-refractivity contribution < 1.29 is 49.1 Å². The van der Waals surface area contributed by atoms with Crippen molar-refractivity contribution in [3.63, 3.8) is 0 Å². The molecule has 2 aliphatic carbocycles. The second-order valence-electron chi connectivity index (χ2n) is 11.8. The number of nitrogens with one attached hydrogen (secondary N) is 1. The van der Waals surface area contributed by atoms with Crippen LogP contribution in [0.4, 0.5) is 26.3 Å². The molecule has 246 valence electrons. The average molecular weight is 669 g/mol. The molecule has 1 amide bonds. The predicted octanol–water partition coefficient (Wildman–Crippen LogP) is 7.01. The van der Waals surface area contributed by atoms with E-state index in [-0.39, 0.29) is 48.7 Å². The Kier molecular flexibility index (Phi) is 9.24. The summed E-state index contributed by atoms with van der Waals surface area (Å²) in [6, 6.07) is 17.2. The summed E-state index contributed by atoms with van der Waals surface area (Å²) in [5.74, 6) is -2.21. The van der Waals surface area contributed by atoms with Crippen molar-refractivity contribution in [1.82, 2.24) is 9.03 Å². The molecule has 1 N–H and O–H groups in total. The quantitative estimate of drug-likeness (QED) is 0.196. The van der Waals surface area contributed by atoms with Crippen LogP contribution in [-0.4, -0.2) is 37.2 Å². The zero-order chi connectivity index (χ0) is 33.3. The standard InChI is InChI=1S/C32H30F6N2O5S/c33-31(34,35)25-15-24(16-26(17-25)32(36,37)38)28(41)39-46(43,44)40(19-21-7-3-1-4-8-21)20-22-11-13-30(14-12-22)18-27(30)45-29(42)23-9-5-2-6-10-23/h1-10,15-17,22,27H,11-14,18-20H2,(H,39,41). The highest BCUT2D eigenvalue weighted by atomic mass is 32.2. The molecule has 5 rings (SSSR count). The largest absolute Gasteiger partial charge is 0.458 e. The molecule has 3 aromatic carbocycles. The van der Waals surface area contributed by atoms with E-state index in [0.717, 1.165) is 4.31 Å². The molecule has 1 unspecified atom stereocenters. The molecule has 0 aliphatic heterocycles. The third-order valence-electron chi connectivity index (χ3n) is 8.55. The van der Waals surface area contributed by atoms with Crippen LogP contribution in [0.3, 0.4) is 0 Å². The van der Waals surface area contributed by atoms with E-state index in [1.54, 1.807) is 65.4 Å². The van der Waals surface area contributed by atoms with E-state index in [9.17, 15) is 44.3 Å². The Morgan fingerprint density at radius 3 is 1.91 bits per heavy atom. The van der Waals surface area contributed by atoms with Gasteiger partial charge in [0.15, 0.2) is 0 Å². The zero-order valence-corrected chi connectivity index (χ0v) is 25.1. The van der Waals surface area contributed by atoms with Crippen LogP contribution in [0.15, 0.2) is 78.9 Å². The first-order chi connectivity index (χ1) is 21.6. The summed E-state index contributed by atoms with van der Waals surface area (Å²) < 4.78 is 115. The number of rotatable bonds is 9. The Labute approximate surface area is 261 Å². The first kappa shape index (κ1) is 33.5. The monoisotopic (exact) mass is 668 g/mol. The number of carbonyl (C=O) groups excluding carboxylic acids is 2. The molecule has 0 radical (unpaired) electrons. The first-order valence-electron chi connectivity index (χ1n) is 14.5. The van der Waals surface area contributed by atoms with Crippen molar-refractivity contribution in [1.29, 1.82) is 0 Å². The van der Waals surface area contributed by atoms with Crippen LogP contribution in [0.5, 0.6) is 0 Å². The highest BCUT2D eigenvalue weighted by molar-refractivity contribution is 7.87. The lowest BCUT2D eigenvalue weighted by Crippen LogP contribution is -2.45. The van der Waals surface area contributed by atoms with Gasteiger partial charge in [-0.15, -0.1) is 0 Å². The van der Waals surface area contributed by atoms with Crippen LogP contribution in [0.25, 0.3) is 0 Å². The van der Waals surface area contributed by atoms with E-state index in [4.69, 9.17) is 4.74 Å². The molecule has 0 bridgehead atoms. The van der Waals surface area contributed by atoms with Crippen LogP contribution in [0, 0.1) is 11.3 Å². The third kappa shape index (κ3) is 7.89. The van der Waals surface area contributed by atoms with Gasteiger partial charge in [0.1, 0.15) is 6.10 Å². The topological polar surface area (TPSA) is 92.8 Å². The van der Waals surface area contributed by atoms with Crippen LogP contribution < -0.4 is 4.72 Å². The number of nitrogens with zero attached hydrogens (tertiary/aromatic N) is 1. The highest BCUT2D eigenvalue weighted by Crippen LogP contribution is 2.59. The van der Waals surface area contributed by atoms with Crippen molar-refractivity contribution in [3.8, 4) is 0 Å². The maximum Gasteiger partial charge on any atom is 0.416 e. The van der Waals surface area contributed by atoms with Crippen molar-refractivity contribution >= 4 is 22.1 Å². The summed E-state index contributed by atoms with van der Waals surface area (Å²) in [7, 11) is -4.73. The second-order valence-corrected chi connectivity index (χ2v) is 13.4. The minimum atomic E-state index is -5.21. The number of ether oxygens (including phenoxy) is 1. The lowest BCUT2D eigenvalue weighted by atomic mass is 9.79. The van der Waals surface area contributed by atoms with Crippen molar-refractivity contribution in [2.45, 2.75) is 57.1 Å². The van der Waals surface area contributed by atoms with Crippen molar-refractivity contribution in [2.75, 3.05) is 6.54 Å². The number of benzene rings is 3. The molecule has 1 atom stereocenters. The van der Waals surface area contributed by atoms with E-state index < -0.39 is 51.1 Å². The van der Waals surface area contributed by atoms with Gasteiger partial charge in [0, 0.05) is 24.1 Å². The Morgan fingerprint density at radius 2 is 1.37 bits per heavy atom. The number of esters is 1. The second kappa shape index (κ2) is 12.7. The fraction of sp³-hybridized carbons (Fsp3) is 0.375. The Balaban J connectivity index is 1.29. The fourth-order valence-corrected chi connectivity index (χ4v) is 7.07. The van der Waals surface area contributed by atoms with Gasteiger partial charge in [-0.05, 0) is 73.9 Å².